The number of likely N-dealkylation sites (tertiary alicyclic amines) is 1. The molecule has 18 heavy (non-hydrogen) atoms. The number of amides is 1. The molecule has 1 heterocycles. The Hall–Kier alpha value is -1.12. The van der Waals surface area contributed by atoms with Gasteiger partial charge in [-0.05, 0) is 51.9 Å². The summed E-state index contributed by atoms with van der Waals surface area (Å²) in [5.74, 6) is 0.781. The molecule has 0 atom stereocenters. The zero-order valence-electron chi connectivity index (χ0n) is 11.2. The SMILES string of the molecule is CN1CCC(CCNCC(=O)NCCC#N)CC1. The van der Waals surface area contributed by atoms with Gasteiger partial charge in [-0.2, -0.15) is 5.26 Å². The van der Waals surface area contributed by atoms with Crippen LogP contribution in [0.15, 0.2) is 0 Å². The first-order valence-electron chi connectivity index (χ1n) is 6.75. The molecule has 5 nitrogen and oxygen atoms in total. The molecule has 5 heteroatoms. The largest absolute Gasteiger partial charge is 0.354 e. The summed E-state index contributed by atoms with van der Waals surface area (Å²) < 4.78 is 0. The first-order valence-corrected chi connectivity index (χ1v) is 6.75. The van der Waals surface area contributed by atoms with Crippen LogP contribution in [0, 0.1) is 17.2 Å². The van der Waals surface area contributed by atoms with Gasteiger partial charge in [0.1, 0.15) is 0 Å². The van der Waals surface area contributed by atoms with Crippen LogP contribution in [-0.2, 0) is 4.79 Å². The summed E-state index contributed by atoms with van der Waals surface area (Å²) in [5.41, 5.74) is 0. The van der Waals surface area contributed by atoms with E-state index in [2.05, 4.69) is 22.6 Å². The quantitative estimate of drug-likeness (QED) is 0.641. The molecule has 1 amide bonds. The van der Waals surface area contributed by atoms with Gasteiger partial charge in [0, 0.05) is 6.54 Å². The molecule has 0 aromatic heterocycles. The Labute approximate surface area is 110 Å². The third kappa shape index (κ3) is 6.58. The second-order valence-electron chi connectivity index (χ2n) is 4.97. The maximum atomic E-state index is 11.3. The molecule has 1 fully saturated rings. The Bertz CT molecular complexity index is 279. The molecule has 1 rings (SSSR count). The minimum Gasteiger partial charge on any atom is -0.354 e. The van der Waals surface area contributed by atoms with Crippen molar-refractivity contribution in [1.82, 2.24) is 15.5 Å². The topological polar surface area (TPSA) is 68.2 Å². The molecular weight excluding hydrogens is 228 g/mol. The highest BCUT2D eigenvalue weighted by molar-refractivity contribution is 5.77. The molecule has 1 saturated heterocycles. The fourth-order valence-corrected chi connectivity index (χ4v) is 2.18. The lowest BCUT2D eigenvalue weighted by Gasteiger charge is -2.28. The van der Waals surface area contributed by atoms with Gasteiger partial charge in [-0.25, -0.2) is 0 Å². The zero-order chi connectivity index (χ0) is 13.2. The second kappa shape index (κ2) is 8.90. The van der Waals surface area contributed by atoms with E-state index in [0.717, 1.165) is 18.9 Å². The molecule has 1 aliphatic rings. The number of nitrogens with one attached hydrogen (secondary N) is 2. The number of carbonyl (C=O) groups excluding carboxylic acids is 1. The van der Waals surface area contributed by atoms with E-state index in [9.17, 15) is 4.79 Å². The number of hydrogen-bond donors (Lipinski definition) is 2. The summed E-state index contributed by atoms with van der Waals surface area (Å²) in [6.45, 7) is 4.10. The van der Waals surface area contributed by atoms with Gasteiger partial charge in [-0.15, -0.1) is 0 Å². The van der Waals surface area contributed by atoms with Gasteiger partial charge in [-0.1, -0.05) is 0 Å². The van der Waals surface area contributed by atoms with E-state index in [1.165, 1.54) is 25.9 Å². The van der Waals surface area contributed by atoms with E-state index in [1.54, 1.807) is 0 Å². The maximum absolute atomic E-state index is 11.3. The average molecular weight is 252 g/mol. The second-order valence-corrected chi connectivity index (χ2v) is 4.97. The first-order chi connectivity index (χ1) is 8.72. The van der Waals surface area contributed by atoms with Crippen LogP contribution in [0.5, 0.6) is 0 Å². The molecule has 2 N–H and O–H groups in total. The summed E-state index contributed by atoms with van der Waals surface area (Å²) >= 11 is 0. The van der Waals surface area contributed by atoms with E-state index in [-0.39, 0.29) is 5.91 Å². The summed E-state index contributed by atoms with van der Waals surface area (Å²) in [6, 6.07) is 2.00. The van der Waals surface area contributed by atoms with Gasteiger partial charge < -0.3 is 15.5 Å². The van der Waals surface area contributed by atoms with Crippen molar-refractivity contribution in [2.24, 2.45) is 5.92 Å². The van der Waals surface area contributed by atoms with Crippen LogP contribution in [0.1, 0.15) is 25.7 Å². The van der Waals surface area contributed by atoms with E-state index in [4.69, 9.17) is 5.26 Å². The molecule has 0 unspecified atom stereocenters. The lowest BCUT2D eigenvalue weighted by Crippen LogP contribution is -2.36. The molecular formula is C13H24N4O. The first kappa shape index (κ1) is 14.9. The van der Waals surface area contributed by atoms with Crippen molar-refractivity contribution in [3.63, 3.8) is 0 Å². The molecule has 0 aliphatic carbocycles. The fourth-order valence-electron chi connectivity index (χ4n) is 2.18. The van der Waals surface area contributed by atoms with Gasteiger partial charge in [0.15, 0.2) is 0 Å². The van der Waals surface area contributed by atoms with Crippen molar-refractivity contribution in [2.75, 3.05) is 39.8 Å². The lowest BCUT2D eigenvalue weighted by molar-refractivity contribution is -0.120. The third-order valence-electron chi connectivity index (χ3n) is 3.41. The van der Waals surface area contributed by atoms with Crippen molar-refractivity contribution < 1.29 is 4.79 Å². The van der Waals surface area contributed by atoms with Crippen LogP contribution in [0.25, 0.3) is 0 Å². The van der Waals surface area contributed by atoms with Gasteiger partial charge >= 0.3 is 0 Å². The Morgan fingerprint density at radius 2 is 2.11 bits per heavy atom. The van der Waals surface area contributed by atoms with Crippen molar-refractivity contribution in [3.05, 3.63) is 0 Å². The standard InChI is InChI=1S/C13H24N4O/c1-17-9-4-12(5-10-17)3-8-15-11-13(18)16-7-2-6-14/h12,15H,2-5,7-11H2,1H3,(H,16,18). The minimum absolute atomic E-state index is 0.0198. The van der Waals surface area contributed by atoms with E-state index < -0.39 is 0 Å². The highest BCUT2D eigenvalue weighted by Gasteiger charge is 2.15. The molecule has 1 aliphatic heterocycles. The highest BCUT2D eigenvalue weighted by atomic mass is 16.1. The van der Waals surface area contributed by atoms with Gasteiger partial charge in [0.2, 0.25) is 5.91 Å². The van der Waals surface area contributed by atoms with Gasteiger partial charge in [0.05, 0.1) is 19.0 Å². The maximum Gasteiger partial charge on any atom is 0.233 e. The molecule has 0 bridgehead atoms. The minimum atomic E-state index is -0.0198. The summed E-state index contributed by atoms with van der Waals surface area (Å²) in [4.78, 5) is 13.7. The lowest BCUT2D eigenvalue weighted by atomic mass is 9.94. The third-order valence-corrected chi connectivity index (χ3v) is 3.41. The molecule has 0 saturated carbocycles. The number of carbonyl (C=O) groups is 1. The van der Waals surface area contributed by atoms with Crippen molar-refractivity contribution >= 4 is 5.91 Å². The molecule has 0 spiro atoms. The number of rotatable bonds is 7. The van der Waals surface area contributed by atoms with Crippen molar-refractivity contribution in [3.8, 4) is 6.07 Å². The summed E-state index contributed by atoms with van der Waals surface area (Å²) in [6.07, 6.45) is 4.07. The normalized spacial score (nSPS) is 17.3. The Morgan fingerprint density at radius 3 is 2.78 bits per heavy atom. The van der Waals surface area contributed by atoms with Crippen LogP contribution in [0.4, 0.5) is 0 Å². The average Bonchev–Trinajstić information content (AvgIpc) is 2.37. The fraction of sp³-hybridized carbons (Fsp3) is 0.846. The molecule has 0 radical (unpaired) electrons. The number of nitriles is 1. The van der Waals surface area contributed by atoms with Gasteiger partial charge in [0.25, 0.3) is 0 Å². The van der Waals surface area contributed by atoms with Crippen LogP contribution >= 0.6 is 0 Å². The van der Waals surface area contributed by atoms with E-state index >= 15 is 0 Å². The molecule has 0 aromatic carbocycles. The number of hydrogen-bond acceptors (Lipinski definition) is 4. The predicted molar refractivity (Wildman–Crippen MR) is 70.9 cm³/mol. The van der Waals surface area contributed by atoms with Crippen molar-refractivity contribution in [1.29, 1.82) is 5.26 Å². The van der Waals surface area contributed by atoms with Crippen LogP contribution in [0.3, 0.4) is 0 Å². The van der Waals surface area contributed by atoms with Crippen LogP contribution in [0.2, 0.25) is 0 Å². The highest BCUT2D eigenvalue weighted by Crippen LogP contribution is 2.18. The molecule has 102 valence electrons. The number of piperidine rings is 1. The molecule has 0 aromatic rings. The summed E-state index contributed by atoms with van der Waals surface area (Å²) in [5, 5.41) is 14.2. The van der Waals surface area contributed by atoms with Crippen LogP contribution < -0.4 is 10.6 Å². The Balaban J connectivity index is 1.95. The number of nitrogens with zero attached hydrogens (tertiary/aromatic N) is 2. The summed E-state index contributed by atoms with van der Waals surface area (Å²) in [7, 11) is 2.17. The van der Waals surface area contributed by atoms with Crippen molar-refractivity contribution in [2.45, 2.75) is 25.7 Å². The monoisotopic (exact) mass is 252 g/mol. The smallest absolute Gasteiger partial charge is 0.233 e. The Morgan fingerprint density at radius 1 is 1.39 bits per heavy atom. The van der Waals surface area contributed by atoms with E-state index in [0.29, 0.717) is 19.5 Å². The zero-order valence-corrected chi connectivity index (χ0v) is 11.2. The predicted octanol–water partition coefficient (Wildman–Crippen LogP) is 0.338. The Kier molecular flexibility index (Phi) is 7.38. The van der Waals surface area contributed by atoms with Crippen LogP contribution in [-0.4, -0.2) is 50.6 Å². The van der Waals surface area contributed by atoms with E-state index in [1.807, 2.05) is 6.07 Å². The van der Waals surface area contributed by atoms with Gasteiger partial charge in [-0.3, -0.25) is 4.79 Å².